The van der Waals surface area contributed by atoms with Gasteiger partial charge in [0.15, 0.2) is 5.76 Å². The molecule has 0 saturated carbocycles. The van der Waals surface area contributed by atoms with E-state index in [0.29, 0.717) is 30.8 Å². The van der Waals surface area contributed by atoms with Gasteiger partial charge >= 0.3 is 5.97 Å². The molecule has 0 heterocycles. The van der Waals surface area contributed by atoms with E-state index in [4.69, 9.17) is 9.47 Å². The van der Waals surface area contributed by atoms with Gasteiger partial charge in [0, 0.05) is 18.9 Å². The lowest BCUT2D eigenvalue weighted by molar-refractivity contribution is -0.165. The molecule has 0 amide bonds. The number of carbonyl (C=O) groups is 2. The van der Waals surface area contributed by atoms with Crippen LogP contribution in [0.5, 0.6) is 0 Å². The topological polar surface area (TPSA) is 52.6 Å². The van der Waals surface area contributed by atoms with Crippen LogP contribution < -0.4 is 0 Å². The Hall–Kier alpha value is -2.10. The van der Waals surface area contributed by atoms with E-state index in [9.17, 15) is 9.59 Å². The van der Waals surface area contributed by atoms with Gasteiger partial charge in [-0.3, -0.25) is 9.59 Å². The largest absolute Gasteiger partial charge is 0.490 e. The molecule has 1 aliphatic rings. The number of benzene rings is 1. The number of ether oxygens (including phenoxy) is 2. The summed E-state index contributed by atoms with van der Waals surface area (Å²) in [5, 5.41) is 0. The second-order valence-electron chi connectivity index (χ2n) is 5.01. The number of esters is 1. The molecule has 0 N–H and O–H groups in total. The molecule has 0 aliphatic heterocycles. The molecule has 1 aromatic carbocycles. The predicted octanol–water partition coefficient (Wildman–Crippen LogP) is 3.12. The summed E-state index contributed by atoms with van der Waals surface area (Å²) >= 11 is 0. The normalized spacial score (nSPS) is 21.6. The zero-order chi connectivity index (χ0) is 15.5. The fourth-order valence-electron chi connectivity index (χ4n) is 2.73. The molecule has 1 aromatic rings. The maximum Gasteiger partial charge on any atom is 0.303 e. The number of carbonyl (C=O) groups excluding carboxylic acids is 2. The van der Waals surface area contributed by atoms with Crippen molar-refractivity contribution in [3.8, 4) is 0 Å². The molecule has 1 atom stereocenters. The standard InChI is InChI=1S/C17H20O4/c1-4-13-11-17(21-12(3)18,14-9-7-6-8-10-14)16(19)15(13)20-5-2/h6-10H,4-5,11H2,1-3H3. The Morgan fingerprint density at radius 3 is 2.43 bits per heavy atom. The van der Waals surface area contributed by atoms with Crippen LogP contribution in [0.15, 0.2) is 41.7 Å². The molecule has 0 saturated heterocycles. The van der Waals surface area contributed by atoms with Gasteiger partial charge in [0.05, 0.1) is 6.61 Å². The Morgan fingerprint density at radius 1 is 1.24 bits per heavy atom. The summed E-state index contributed by atoms with van der Waals surface area (Å²) < 4.78 is 11.0. The first-order valence-corrected chi connectivity index (χ1v) is 7.19. The molecule has 1 unspecified atom stereocenters. The van der Waals surface area contributed by atoms with Crippen molar-refractivity contribution in [3.05, 3.63) is 47.2 Å². The van der Waals surface area contributed by atoms with Gasteiger partial charge in [0.2, 0.25) is 11.4 Å². The van der Waals surface area contributed by atoms with Crippen LogP contribution in [-0.4, -0.2) is 18.4 Å². The van der Waals surface area contributed by atoms with Crippen molar-refractivity contribution in [2.24, 2.45) is 0 Å². The highest BCUT2D eigenvalue weighted by Crippen LogP contribution is 2.44. The van der Waals surface area contributed by atoms with E-state index in [0.717, 1.165) is 5.57 Å². The van der Waals surface area contributed by atoms with Gasteiger partial charge in [-0.05, 0) is 18.9 Å². The van der Waals surface area contributed by atoms with Crippen LogP contribution in [0.3, 0.4) is 0 Å². The number of Topliss-reactive ketones (excluding diaryl/α,β-unsaturated/α-hetero) is 1. The maximum atomic E-state index is 12.9. The first-order chi connectivity index (χ1) is 10.0. The van der Waals surface area contributed by atoms with Crippen molar-refractivity contribution in [2.75, 3.05) is 6.61 Å². The van der Waals surface area contributed by atoms with Gasteiger partial charge in [-0.2, -0.15) is 0 Å². The van der Waals surface area contributed by atoms with Crippen LogP contribution in [0.25, 0.3) is 0 Å². The van der Waals surface area contributed by atoms with E-state index in [-0.39, 0.29) is 5.78 Å². The fraction of sp³-hybridized carbons (Fsp3) is 0.412. The average Bonchev–Trinajstić information content (AvgIpc) is 2.74. The first kappa shape index (κ1) is 15.3. The van der Waals surface area contributed by atoms with Crippen molar-refractivity contribution in [3.63, 3.8) is 0 Å². The number of hydrogen-bond donors (Lipinski definition) is 0. The van der Waals surface area contributed by atoms with Gasteiger partial charge < -0.3 is 9.47 Å². The molecule has 1 aliphatic carbocycles. The first-order valence-electron chi connectivity index (χ1n) is 7.19. The Balaban J connectivity index is 2.50. The van der Waals surface area contributed by atoms with Crippen molar-refractivity contribution in [1.82, 2.24) is 0 Å². The lowest BCUT2D eigenvalue weighted by Crippen LogP contribution is -2.38. The quantitative estimate of drug-likeness (QED) is 0.781. The molecule has 0 bridgehead atoms. The van der Waals surface area contributed by atoms with E-state index in [2.05, 4.69) is 0 Å². The third-order valence-electron chi connectivity index (χ3n) is 3.63. The molecule has 0 radical (unpaired) electrons. The highest BCUT2D eigenvalue weighted by atomic mass is 16.6. The highest BCUT2D eigenvalue weighted by molar-refractivity contribution is 6.05. The van der Waals surface area contributed by atoms with Crippen molar-refractivity contribution < 1.29 is 19.1 Å². The summed E-state index contributed by atoms with van der Waals surface area (Å²) in [5.41, 5.74) is 0.306. The third-order valence-corrected chi connectivity index (χ3v) is 3.63. The predicted molar refractivity (Wildman–Crippen MR) is 78.5 cm³/mol. The molecule has 21 heavy (non-hydrogen) atoms. The smallest absolute Gasteiger partial charge is 0.303 e. The second kappa shape index (κ2) is 6.12. The summed E-state index contributed by atoms with van der Waals surface area (Å²) in [5.74, 6) is -0.381. The zero-order valence-electron chi connectivity index (χ0n) is 12.6. The van der Waals surface area contributed by atoms with Crippen LogP contribution in [0.1, 0.15) is 39.2 Å². The third kappa shape index (κ3) is 2.71. The Bertz CT molecular complexity index is 574. The number of ketones is 1. The van der Waals surface area contributed by atoms with Gasteiger partial charge in [0.25, 0.3) is 0 Å². The summed E-state index contributed by atoms with van der Waals surface area (Å²) in [6, 6.07) is 9.14. The second-order valence-corrected chi connectivity index (χ2v) is 5.01. The van der Waals surface area contributed by atoms with Crippen molar-refractivity contribution in [1.29, 1.82) is 0 Å². The molecule has 0 fully saturated rings. The van der Waals surface area contributed by atoms with Crippen LogP contribution >= 0.6 is 0 Å². The lowest BCUT2D eigenvalue weighted by atomic mass is 9.88. The van der Waals surface area contributed by atoms with Gasteiger partial charge in [-0.15, -0.1) is 0 Å². The lowest BCUT2D eigenvalue weighted by Gasteiger charge is -2.28. The van der Waals surface area contributed by atoms with Crippen LogP contribution in [0.4, 0.5) is 0 Å². The van der Waals surface area contributed by atoms with E-state index >= 15 is 0 Å². The number of hydrogen-bond acceptors (Lipinski definition) is 4. The summed E-state index contributed by atoms with van der Waals surface area (Å²) in [6.07, 6.45) is 1.05. The summed E-state index contributed by atoms with van der Waals surface area (Å²) in [4.78, 5) is 24.4. The Labute approximate surface area is 124 Å². The molecular weight excluding hydrogens is 268 g/mol. The van der Waals surface area contributed by atoms with E-state index in [1.807, 2.05) is 44.2 Å². The molecule has 0 spiro atoms. The van der Waals surface area contributed by atoms with Crippen molar-refractivity contribution in [2.45, 2.75) is 39.2 Å². The molecule has 4 heteroatoms. The monoisotopic (exact) mass is 288 g/mol. The Morgan fingerprint density at radius 2 is 1.90 bits per heavy atom. The Kier molecular flexibility index (Phi) is 4.46. The fourth-order valence-corrected chi connectivity index (χ4v) is 2.73. The number of rotatable bonds is 5. The SMILES string of the molecule is CCOC1=C(CC)CC(OC(C)=O)(c2ccccc2)C1=O. The molecule has 2 rings (SSSR count). The molecule has 4 nitrogen and oxygen atoms in total. The van der Waals surface area contributed by atoms with E-state index < -0.39 is 11.6 Å². The molecule has 0 aromatic heterocycles. The van der Waals surface area contributed by atoms with Crippen LogP contribution in [0, 0.1) is 0 Å². The average molecular weight is 288 g/mol. The maximum absolute atomic E-state index is 12.9. The highest BCUT2D eigenvalue weighted by Gasteiger charge is 2.52. The van der Waals surface area contributed by atoms with Crippen LogP contribution in [0.2, 0.25) is 0 Å². The van der Waals surface area contributed by atoms with Crippen molar-refractivity contribution >= 4 is 11.8 Å². The van der Waals surface area contributed by atoms with Gasteiger partial charge in [-0.25, -0.2) is 0 Å². The van der Waals surface area contributed by atoms with E-state index in [1.165, 1.54) is 6.92 Å². The summed E-state index contributed by atoms with van der Waals surface area (Å²) in [6.45, 7) is 5.54. The minimum absolute atomic E-state index is 0.261. The molecule has 112 valence electrons. The zero-order valence-corrected chi connectivity index (χ0v) is 12.6. The van der Waals surface area contributed by atoms with Crippen LogP contribution in [-0.2, 0) is 24.7 Å². The summed E-state index contributed by atoms with van der Waals surface area (Å²) in [7, 11) is 0. The van der Waals surface area contributed by atoms with E-state index in [1.54, 1.807) is 0 Å². The minimum Gasteiger partial charge on any atom is -0.490 e. The molecular formula is C17H20O4. The minimum atomic E-state index is -1.27. The van der Waals surface area contributed by atoms with Gasteiger partial charge in [-0.1, -0.05) is 37.3 Å². The van der Waals surface area contributed by atoms with Gasteiger partial charge in [0.1, 0.15) is 0 Å².